The first-order valence-corrected chi connectivity index (χ1v) is 9.11. The lowest BCUT2D eigenvalue weighted by Gasteiger charge is -2.18. The maximum absolute atomic E-state index is 12.2. The summed E-state index contributed by atoms with van der Waals surface area (Å²) in [6, 6.07) is 31.4. The number of carbonyl (C=O) groups excluding carboxylic acids is 2. The Hall–Kier alpha value is -3.78. The van der Waals surface area contributed by atoms with Gasteiger partial charge in [-0.1, -0.05) is 91.0 Å². The molecule has 0 unspecified atom stereocenters. The zero-order valence-electron chi connectivity index (χ0n) is 15.2. The Morgan fingerprint density at radius 1 is 0.464 bits per heavy atom. The number of benzene rings is 4. The van der Waals surface area contributed by atoms with E-state index in [1.54, 1.807) is 0 Å². The summed E-state index contributed by atoms with van der Waals surface area (Å²) in [7, 11) is 0. The van der Waals surface area contributed by atoms with Crippen LogP contribution < -0.4 is 0 Å². The minimum Gasteiger partial charge on any atom is -0.298 e. The van der Waals surface area contributed by atoms with Crippen molar-refractivity contribution in [1.82, 2.24) is 0 Å². The van der Waals surface area contributed by atoms with Crippen LogP contribution in [0.15, 0.2) is 97.1 Å². The van der Waals surface area contributed by atoms with Gasteiger partial charge in [0.2, 0.25) is 0 Å². The summed E-state index contributed by atoms with van der Waals surface area (Å²) < 4.78 is 0. The van der Waals surface area contributed by atoms with Gasteiger partial charge in [-0.15, -0.1) is 0 Å². The quantitative estimate of drug-likeness (QED) is 0.390. The fourth-order valence-electron chi connectivity index (χ4n) is 3.59. The first-order valence-electron chi connectivity index (χ1n) is 9.11. The molecular weight excluding hydrogens is 344 g/mol. The highest BCUT2D eigenvalue weighted by molar-refractivity contribution is 6.07. The fourth-order valence-corrected chi connectivity index (χ4v) is 3.59. The Morgan fingerprint density at radius 3 is 1.36 bits per heavy atom. The van der Waals surface area contributed by atoms with Crippen molar-refractivity contribution in [3.63, 3.8) is 0 Å². The van der Waals surface area contributed by atoms with Crippen molar-refractivity contribution in [1.29, 1.82) is 0 Å². The minimum absolute atomic E-state index is 0.416. The molecule has 0 atom stereocenters. The van der Waals surface area contributed by atoms with Crippen LogP contribution in [0.1, 0.15) is 20.7 Å². The van der Waals surface area contributed by atoms with Gasteiger partial charge in [-0.3, -0.25) is 9.59 Å². The predicted octanol–water partition coefficient (Wildman–Crippen LogP) is 6.31. The van der Waals surface area contributed by atoms with Crippen molar-refractivity contribution >= 4 is 12.6 Å². The first kappa shape index (κ1) is 17.6. The molecule has 0 spiro atoms. The zero-order chi connectivity index (χ0) is 19.3. The van der Waals surface area contributed by atoms with E-state index in [1.807, 2.05) is 97.1 Å². The van der Waals surface area contributed by atoms with Crippen molar-refractivity contribution in [2.75, 3.05) is 0 Å². The van der Waals surface area contributed by atoms with Crippen LogP contribution in [0.3, 0.4) is 0 Å². The lowest BCUT2D eigenvalue weighted by Crippen LogP contribution is -2.01. The van der Waals surface area contributed by atoms with Gasteiger partial charge < -0.3 is 0 Å². The van der Waals surface area contributed by atoms with E-state index in [0.717, 1.165) is 46.0 Å². The van der Waals surface area contributed by atoms with Crippen molar-refractivity contribution < 1.29 is 9.59 Å². The molecule has 2 heteroatoms. The third-order valence-corrected chi connectivity index (χ3v) is 4.88. The SMILES string of the molecule is O=Cc1c(-c2ccccc2)cc(-c2ccccc2)c(-c2ccccc2)c1C=O. The summed E-state index contributed by atoms with van der Waals surface area (Å²) in [6.45, 7) is 0. The van der Waals surface area contributed by atoms with Crippen molar-refractivity contribution in [3.05, 3.63) is 108 Å². The third-order valence-electron chi connectivity index (χ3n) is 4.88. The van der Waals surface area contributed by atoms with E-state index in [4.69, 9.17) is 0 Å². The Labute approximate surface area is 164 Å². The average molecular weight is 362 g/mol. The summed E-state index contributed by atoms with van der Waals surface area (Å²) in [5, 5.41) is 0. The Bertz CT molecular complexity index is 1120. The molecule has 4 rings (SSSR count). The van der Waals surface area contributed by atoms with Gasteiger partial charge in [0.15, 0.2) is 12.6 Å². The smallest absolute Gasteiger partial charge is 0.151 e. The van der Waals surface area contributed by atoms with Crippen molar-refractivity contribution in [2.24, 2.45) is 0 Å². The molecule has 0 saturated heterocycles. The predicted molar refractivity (Wildman–Crippen MR) is 114 cm³/mol. The van der Waals surface area contributed by atoms with Crippen LogP contribution in [-0.2, 0) is 0 Å². The Morgan fingerprint density at radius 2 is 0.893 bits per heavy atom. The van der Waals surface area contributed by atoms with Gasteiger partial charge in [-0.05, 0) is 33.9 Å². The van der Waals surface area contributed by atoms with E-state index in [-0.39, 0.29) is 0 Å². The van der Waals surface area contributed by atoms with Crippen molar-refractivity contribution in [3.8, 4) is 33.4 Å². The van der Waals surface area contributed by atoms with Gasteiger partial charge in [-0.25, -0.2) is 0 Å². The second-order valence-corrected chi connectivity index (χ2v) is 6.51. The maximum Gasteiger partial charge on any atom is 0.151 e. The molecule has 0 heterocycles. The third kappa shape index (κ3) is 3.17. The highest BCUT2D eigenvalue weighted by atomic mass is 16.1. The van der Waals surface area contributed by atoms with Crippen molar-refractivity contribution in [2.45, 2.75) is 0 Å². The molecule has 0 aliphatic carbocycles. The molecule has 0 aromatic heterocycles. The molecule has 4 aromatic rings. The lowest BCUT2D eigenvalue weighted by molar-refractivity contribution is 0.109. The molecule has 0 fully saturated rings. The molecule has 0 aliphatic heterocycles. The summed E-state index contributed by atoms with van der Waals surface area (Å²) in [5.74, 6) is 0. The van der Waals surface area contributed by atoms with Crippen LogP contribution >= 0.6 is 0 Å². The number of rotatable bonds is 5. The molecule has 0 saturated carbocycles. The lowest BCUT2D eigenvalue weighted by atomic mass is 9.84. The van der Waals surface area contributed by atoms with Gasteiger partial charge >= 0.3 is 0 Å². The molecule has 134 valence electrons. The fraction of sp³-hybridized carbons (Fsp3) is 0. The number of hydrogen-bond donors (Lipinski definition) is 0. The minimum atomic E-state index is 0.416. The van der Waals surface area contributed by atoms with Gasteiger partial charge in [-0.2, -0.15) is 0 Å². The highest BCUT2D eigenvalue weighted by Crippen LogP contribution is 2.40. The molecule has 0 radical (unpaired) electrons. The van der Waals surface area contributed by atoms with Crippen LogP contribution in [0.4, 0.5) is 0 Å². The molecule has 0 N–H and O–H groups in total. The molecule has 2 nitrogen and oxygen atoms in total. The zero-order valence-corrected chi connectivity index (χ0v) is 15.2. The molecule has 28 heavy (non-hydrogen) atoms. The first-order chi connectivity index (χ1) is 13.8. The van der Waals surface area contributed by atoms with Crippen LogP contribution in [0.2, 0.25) is 0 Å². The monoisotopic (exact) mass is 362 g/mol. The van der Waals surface area contributed by atoms with E-state index >= 15 is 0 Å². The summed E-state index contributed by atoms with van der Waals surface area (Å²) in [5.41, 5.74) is 6.12. The van der Waals surface area contributed by atoms with E-state index < -0.39 is 0 Å². The topological polar surface area (TPSA) is 34.1 Å². The van der Waals surface area contributed by atoms with E-state index in [0.29, 0.717) is 11.1 Å². The summed E-state index contributed by atoms with van der Waals surface area (Å²) in [6.07, 6.45) is 1.58. The molecule has 4 aromatic carbocycles. The van der Waals surface area contributed by atoms with Gasteiger partial charge in [0, 0.05) is 16.7 Å². The van der Waals surface area contributed by atoms with Crippen LogP contribution in [0, 0.1) is 0 Å². The summed E-state index contributed by atoms with van der Waals surface area (Å²) >= 11 is 0. The van der Waals surface area contributed by atoms with Crippen LogP contribution in [0.25, 0.3) is 33.4 Å². The van der Waals surface area contributed by atoms with E-state index in [9.17, 15) is 9.59 Å². The average Bonchev–Trinajstić information content (AvgIpc) is 2.79. The summed E-state index contributed by atoms with van der Waals surface area (Å²) in [4.78, 5) is 24.2. The maximum atomic E-state index is 12.2. The number of aldehydes is 2. The molecule has 0 bridgehead atoms. The second-order valence-electron chi connectivity index (χ2n) is 6.51. The molecule has 0 aliphatic rings. The second kappa shape index (κ2) is 7.85. The largest absolute Gasteiger partial charge is 0.298 e. The van der Waals surface area contributed by atoms with E-state index in [2.05, 4.69) is 0 Å². The molecule has 0 amide bonds. The van der Waals surface area contributed by atoms with Gasteiger partial charge in [0.25, 0.3) is 0 Å². The number of hydrogen-bond acceptors (Lipinski definition) is 2. The molecular formula is C26H18O2. The van der Waals surface area contributed by atoms with Crippen LogP contribution in [0.5, 0.6) is 0 Å². The van der Waals surface area contributed by atoms with E-state index in [1.165, 1.54) is 0 Å². The van der Waals surface area contributed by atoms with Gasteiger partial charge in [0.05, 0.1) is 0 Å². The Balaban J connectivity index is 2.13. The van der Waals surface area contributed by atoms with Gasteiger partial charge in [0.1, 0.15) is 0 Å². The normalized spacial score (nSPS) is 10.4. The highest BCUT2D eigenvalue weighted by Gasteiger charge is 2.20. The Kier molecular flexibility index (Phi) is 4.94. The number of carbonyl (C=O) groups is 2. The van der Waals surface area contributed by atoms with Crippen LogP contribution in [-0.4, -0.2) is 12.6 Å². The standard InChI is InChI=1S/C26H18O2/c27-17-24-22(19-10-4-1-5-11-19)16-23(20-12-6-2-7-13-20)26(25(24)18-28)21-14-8-3-9-15-21/h1-18H.